The first-order valence-corrected chi connectivity index (χ1v) is 18.1. The van der Waals surface area contributed by atoms with Crippen molar-refractivity contribution in [2.75, 3.05) is 21.2 Å². The van der Waals surface area contributed by atoms with Crippen molar-refractivity contribution in [3.8, 4) is 0 Å². The molecule has 3 saturated heterocycles. The van der Waals surface area contributed by atoms with Gasteiger partial charge in [0.25, 0.3) is 0 Å². The molecule has 18 unspecified atom stereocenters. The molecule has 3 aliphatic heterocycles. The molecule has 3 aliphatic rings. The van der Waals surface area contributed by atoms with E-state index < -0.39 is 115 Å². The molecule has 292 valence electrons. The number of cyclic esters (lactones) is 1. The van der Waals surface area contributed by atoms with Crippen LogP contribution in [0.1, 0.15) is 88.0 Å². The number of ether oxygens (including phenoxy) is 6. The van der Waals surface area contributed by atoms with E-state index in [1.807, 2.05) is 25.9 Å². The van der Waals surface area contributed by atoms with E-state index in [1.54, 1.807) is 34.6 Å². The summed E-state index contributed by atoms with van der Waals surface area (Å²) in [5.41, 5.74) is -4.76. The van der Waals surface area contributed by atoms with Gasteiger partial charge in [-0.3, -0.25) is 9.59 Å². The fourth-order valence-electron chi connectivity index (χ4n) is 8.13. The van der Waals surface area contributed by atoms with Crippen LogP contribution in [0.4, 0.5) is 4.39 Å². The second kappa shape index (κ2) is 17.2. The van der Waals surface area contributed by atoms with Crippen LogP contribution < -0.4 is 0 Å². The Hall–Kier alpha value is -1.33. The molecule has 50 heavy (non-hydrogen) atoms. The highest BCUT2D eigenvalue weighted by molar-refractivity contribution is 5.89. The molecular formula is C36H64FNO12. The Labute approximate surface area is 297 Å². The van der Waals surface area contributed by atoms with E-state index in [0.29, 0.717) is 12.8 Å². The summed E-state index contributed by atoms with van der Waals surface area (Å²) >= 11 is 0. The molecule has 0 spiro atoms. The Morgan fingerprint density at radius 2 is 1.52 bits per heavy atom. The lowest BCUT2D eigenvalue weighted by Gasteiger charge is -2.48. The number of hydrogen-bond acceptors (Lipinski definition) is 13. The van der Waals surface area contributed by atoms with Gasteiger partial charge in [-0.2, -0.15) is 0 Å². The number of esters is 1. The maximum atomic E-state index is 16.7. The van der Waals surface area contributed by atoms with Gasteiger partial charge in [-0.1, -0.05) is 27.7 Å². The Balaban J connectivity index is 2.17. The zero-order valence-corrected chi connectivity index (χ0v) is 31.9. The maximum absolute atomic E-state index is 16.7. The average Bonchev–Trinajstić information content (AvgIpc) is 3.04. The highest BCUT2D eigenvalue weighted by Gasteiger charge is 2.54. The van der Waals surface area contributed by atoms with Gasteiger partial charge in [0.05, 0.1) is 48.1 Å². The number of likely N-dealkylation sites (N-methyl/N-ethyl adjacent to an activating group) is 1. The number of methoxy groups -OCH3 is 1. The van der Waals surface area contributed by atoms with Crippen LogP contribution in [0, 0.1) is 23.7 Å². The fourth-order valence-corrected chi connectivity index (χ4v) is 8.13. The molecule has 0 aliphatic carbocycles. The van der Waals surface area contributed by atoms with Crippen LogP contribution in [0.3, 0.4) is 0 Å². The summed E-state index contributed by atoms with van der Waals surface area (Å²) in [6.07, 6.45) is -10.6. The van der Waals surface area contributed by atoms with Crippen LogP contribution >= 0.6 is 0 Å². The summed E-state index contributed by atoms with van der Waals surface area (Å²) in [6, 6.07) is -0.374. The standard InChI is InChI=1S/C36H64FNO12/c1-13-24-18(3)27(39)19(4)31(42)35(8,37)16-36(9,44)32(50-34-29(41)23(38(10)11)14-17(2)46-34)20(5)30(21(6)33(43)48-24)49-26-15-25(45-12)28(40)22(7)47-26/h17-30,32,34,39-41,44H,13-16H2,1-12H3. The van der Waals surface area contributed by atoms with Crippen LogP contribution in [0.15, 0.2) is 0 Å². The zero-order valence-electron chi connectivity index (χ0n) is 31.9. The minimum Gasteiger partial charge on any atom is -0.462 e. The quantitative estimate of drug-likeness (QED) is 0.283. The van der Waals surface area contributed by atoms with Crippen LogP contribution in [0.2, 0.25) is 0 Å². The van der Waals surface area contributed by atoms with E-state index in [-0.39, 0.29) is 18.6 Å². The minimum atomic E-state index is -2.63. The predicted molar refractivity (Wildman–Crippen MR) is 181 cm³/mol. The van der Waals surface area contributed by atoms with Crippen molar-refractivity contribution in [2.24, 2.45) is 23.7 Å². The molecule has 18 atom stereocenters. The number of alkyl halides is 1. The molecule has 0 aromatic carbocycles. The molecule has 0 aromatic rings. The third kappa shape index (κ3) is 9.61. The zero-order chi connectivity index (χ0) is 38.0. The van der Waals surface area contributed by atoms with Crippen LogP contribution in [0.25, 0.3) is 0 Å². The van der Waals surface area contributed by atoms with E-state index in [2.05, 4.69) is 0 Å². The van der Waals surface area contributed by atoms with Crippen LogP contribution in [0.5, 0.6) is 0 Å². The Morgan fingerprint density at radius 1 is 0.900 bits per heavy atom. The summed E-state index contributed by atoms with van der Waals surface area (Å²) in [7, 11) is 5.09. The first kappa shape index (κ1) is 43.1. The topological polar surface area (TPSA) is 174 Å². The number of rotatable bonds is 7. The van der Waals surface area contributed by atoms with E-state index in [4.69, 9.17) is 28.4 Å². The number of aliphatic hydroxyl groups excluding tert-OH is 3. The van der Waals surface area contributed by atoms with Gasteiger partial charge in [-0.25, -0.2) is 4.39 Å². The van der Waals surface area contributed by atoms with Gasteiger partial charge in [0, 0.05) is 43.7 Å². The largest absolute Gasteiger partial charge is 0.462 e. The summed E-state index contributed by atoms with van der Waals surface area (Å²) in [6.45, 7) is 14.0. The fraction of sp³-hybridized carbons (Fsp3) is 0.944. The molecule has 14 heteroatoms. The van der Waals surface area contributed by atoms with E-state index in [1.165, 1.54) is 21.0 Å². The van der Waals surface area contributed by atoms with Crippen molar-refractivity contribution in [3.63, 3.8) is 0 Å². The lowest BCUT2D eigenvalue weighted by Crippen LogP contribution is -2.61. The van der Waals surface area contributed by atoms with Gasteiger partial charge in [0.15, 0.2) is 24.0 Å². The Kier molecular flexibility index (Phi) is 14.8. The number of nitrogens with zero attached hydrogens (tertiary/aromatic N) is 1. The predicted octanol–water partition coefficient (Wildman–Crippen LogP) is 2.37. The smallest absolute Gasteiger partial charge is 0.311 e. The van der Waals surface area contributed by atoms with Crippen molar-refractivity contribution < 1.29 is 62.8 Å². The number of ketones is 1. The molecule has 0 radical (unpaired) electrons. The summed E-state index contributed by atoms with van der Waals surface area (Å²) in [4.78, 5) is 29.5. The Morgan fingerprint density at radius 3 is 2.08 bits per heavy atom. The number of hydrogen-bond donors (Lipinski definition) is 4. The van der Waals surface area contributed by atoms with Gasteiger partial charge in [0.2, 0.25) is 0 Å². The summed E-state index contributed by atoms with van der Waals surface area (Å²) < 4.78 is 53.2. The van der Waals surface area contributed by atoms with Crippen LogP contribution in [-0.4, -0.2) is 143 Å². The third-order valence-electron chi connectivity index (χ3n) is 11.2. The summed E-state index contributed by atoms with van der Waals surface area (Å²) in [5.74, 6) is -5.49. The first-order chi connectivity index (χ1) is 23.1. The van der Waals surface area contributed by atoms with Crippen molar-refractivity contribution in [1.82, 2.24) is 4.90 Å². The van der Waals surface area contributed by atoms with Gasteiger partial charge < -0.3 is 53.7 Å². The van der Waals surface area contributed by atoms with Crippen molar-refractivity contribution in [1.29, 1.82) is 0 Å². The lowest BCUT2D eigenvalue weighted by molar-refractivity contribution is -0.312. The van der Waals surface area contributed by atoms with E-state index >= 15 is 4.39 Å². The molecule has 0 saturated carbocycles. The second-order valence-corrected chi connectivity index (χ2v) is 15.8. The number of Topliss-reactive ketones (excluding diaryl/α,β-unsaturated/α-hetero) is 1. The number of carbonyl (C=O) groups is 2. The molecule has 3 rings (SSSR count). The third-order valence-corrected chi connectivity index (χ3v) is 11.2. The molecule has 0 bridgehead atoms. The van der Waals surface area contributed by atoms with Gasteiger partial charge in [-0.05, 0) is 61.6 Å². The molecule has 13 nitrogen and oxygen atoms in total. The minimum absolute atomic E-state index is 0.108. The van der Waals surface area contributed by atoms with E-state index in [9.17, 15) is 30.0 Å². The second-order valence-electron chi connectivity index (χ2n) is 15.8. The van der Waals surface area contributed by atoms with Crippen molar-refractivity contribution in [3.05, 3.63) is 0 Å². The number of halogens is 1. The number of carbonyl (C=O) groups excluding carboxylic acids is 2. The first-order valence-electron chi connectivity index (χ1n) is 18.1. The molecule has 0 aromatic heterocycles. The molecule has 0 amide bonds. The van der Waals surface area contributed by atoms with Crippen LogP contribution in [-0.2, 0) is 38.0 Å². The van der Waals surface area contributed by atoms with Crippen molar-refractivity contribution >= 4 is 11.8 Å². The average molecular weight is 722 g/mol. The van der Waals surface area contributed by atoms with Gasteiger partial charge >= 0.3 is 5.97 Å². The van der Waals surface area contributed by atoms with E-state index in [0.717, 1.165) is 6.92 Å². The normalized spacial score (nSPS) is 49.0. The maximum Gasteiger partial charge on any atom is 0.311 e. The summed E-state index contributed by atoms with van der Waals surface area (Å²) in [5, 5.41) is 45.5. The highest BCUT2D eigenvalue weighted by Crippen LogP contribution is 2.41. The molecular weight excluding hydrogens is 657 g/mol. The van der Waals surface area contributed by atoms with Gasteiger partial charge in [-0.15, -0.1) is 0 Å². The highest BCUT2D eigenvalue weighted by atomic mass is 19.1. The Bertz CT molecular complexity index is 1120. The van der Waals surface area contributed by atoms with Gasteiger partial charge in [0.1, 0.15) is 18.3 Å². The molecule has 4 N–H and O–H groups in total. The monoisotopic (exact) mass is 721 g/mol. The number of aliphatic hydroxyl groups is 4. The lowest BCUT2D eigenvalue weighted by atomic mass is 9.73. The molecule has 3 heterocycles. The molecule has 3 fully saturated rings. The SMILES string of the molecule is CCC1OC(=O)C(C)C(OC2CC(OC)C(O)C(C)O2)C(C)C(OC2OC(C)CC(N(C)C)C2O)C(C)(O)CC(C)(F)C(=O)C(C)C(O)C1C. The van der Waals surface area contributed by atoms with Crippen molar-refractivity contribution in [2.45, 2.75) is 173 Å².